The van der Waals surface area contributed by atoms with Gasteiger partial charge in [-0.3, -0.25) is 4.79 Å². The number of ether oxygens (including phenoxy) is 1. The Morgan fingerprint density at radius 3 is 2.58 bits per heavy atom. The quantitative estimate of drug-likeness (QED) is 0.755. The predicted octanol–water partition coefficient (Wildman–Crippen LogP) is 4.39. The minimum atomic E-state index is -1.04. The van der Waals surface area contributed by atoms with Crippen LogP contribution in [0.2, 0.25) is 0 Å². The monoisotopic (exact) mass is 329 g/mol. The number of hydrogen-bond acceptors (Lipinski definition) is 3. The van der Waals surface area contributed by atoms with E-state index in [0.29, 0.717) is 11.3 Å². The number of carbonyl (C=O) groups excluding carboxylic acids is 1. The number of halogens is 2. The minimum Gasteiger partial charge on any atom is -0.489 e. The first-order valence-electron chi connectivity index (χ1n) is 7.14. The third-order valence-corrected chi connectivity index (χ3v) is 3.27. The molecule has 0 aliphatic rings. The van der Waals surface area contributed by atoms with Crippen molar-refractivity contribution in [1.82, 2.24) is 0 Å². The molecule has 24 heavy (non-hydrogen) atoms. The highest BCUT2D eigenvalue weighted by atomic mass is 19.2. The van der Waals surface area contributed by atoms with Crippen molar-refractivity contribution in [2.75, 3.05) is 5.32 Å². The second kappa shape index (κ2) is 6.95. The van der Waals surface area contributed by atoms with Crippen LogP contribution in [0.15, 0.2) is 65.3 Å². The number of carbonyl (C=O) groups is 1. The summed E-state index contributed by atoms with van der Waals surface area (Å²) in [5.74, 6) is -1.89. The van der Waals surface area contributed by atoms with Crippen molar-refractivity contribution in [3.05, 3.63) is 83.8 Å². The Bertz CT molecular complexity index is 846. The molecule has 0 fully saturated rings. The first-order valence-corrected chi connectivity index (χ1v) is 7.14. The van der Waals surface area contributed by atoms with Gasteiger partial charge in [0.2, 0.25) is 0 Å². The Morgan fingerprint density at radius 2 is 1.83 bits per heavy atom. The summed E-state index contributed by atoms with van der Waals surface area (Å²) >= 11 is 0. The molecule has 0 bridgehead atoms. The summed E-state index contributed by atoms with van der Waals surface area (Å²) in [6.45, 7) is 0.140. The van der Waals surface area contributed by atoms with Crippen LogP contribution in [-0.4, -0.2) is 5.91 Å². The molecule has 0 saturated heterocycles. The first kappa shape index (κ1) is 15.7. The second-order valence-electron chi connectivity index (χ2n) is 4.96. The van der Waals surface area contributed by atoms with E-state index in [4.69, 9.17) is 9.15 Å². The fraction of sp³-hybridized carbons (Fsp3) is 0.0556. The van der Waals surface area contributed by atoms with Gasteiger partial charge in [-0.05, 0) is 30.3 Å². The van der Waals surface area contributed by atoms with Crippen molar-refractivity contribution in [3.8, 4) is 5.75 Å². The largest absolute Gasteiger partial charge is 0.489 e. The van der Waals surface area contributed by atoms with Gasteiger partial charge in [0, 0.05) is 17.3 Å². The van der Waals surface area contributed by atoms with Gasteiger partial charge in [0.1, 0.15) is 12.4 Å². The molecule has 0 aliphatic carbocycles. The highest BCUT2D eigenvalue weighted by molar-refractivity contribution is 6.03. The lowest BCUT2D eigenvalue weighted by Gasteiger charge is -2.07. The normalized spacial score (nSPS) is 10.4. The molecule has 1 heterocycles. The Labute approximate surface area is 136 Å². The van der Waals surface area contributed by atoms with Crippen molar-refractivity contribution in [3.63, 3.8) is 0 Å². The van der Waals surface area contributed by atoms with Crippen LogP contribution in [0.3, 0.4) is 0 Å². The lowest BCUT2D eigenvalue weighted by molar-refractivity contribution is 0.0993. The molecule has 0 atom stereocenters. The van der Waals surface area contributed by atoms with E-state index in [1.54, 1.807) is 18.2 Å². The average molecular weight is 329 g/mol. The van der Waals surface area contributed by atoms with Crippen molar-refractivity contribution in [1.29, 1.82) is 0 Å². The first-order chi connectivity index (χ1) is 11.6. The van der Waals surface area contributed by atoms with Crippen LogP contribution < -0.4 is 10.1 Å². The smallest absolute Gasteiger partial charge is 0.291 e. The van der Waals surface area contributed by atoms with Crippen LogP contribution in [0.5, 0.6) is 5.75 Å². The topological polar surface area (TPSA) is 51.5 Å². The minimum absolute atomic E-state index is 0.0515. The predicted molar refractivity (Wildman–Crippen MR) is 83.8 cm³/mol. The van der Waals surface area contributed by atoms with Gasteiger partial charge in [-0.1, -0.05) is 18.2 Å². The van der Waals surface area contributed by atoms with Gasteiger partial charge >= 0.3 is 0 Å². The summed E-state index contributed by atoms with van der Waals surface area (Å²) in [6.07, 6.45) is 1.36. The maximum Gasteiger partial charge on any atom is 0.291 e. The van der Waals surface area contributed by atoms with E-state index in [-0.39, 0.29) is 18.1 Å². The fourth-order valence-corrected chi connectivity index (χ4v) is 2.09. The average Bonchev–Trinajstić information content (AvgIpc) is 3.06. The number of amides is 1. The van der Waals surface area contributed by atoms with Crippen molar-refractivity contribution < 1.29 is 22.7 Å². The SMILES string of the molecule is O=C(Nc1ccc(F)c(F)c1)c1occc1COc1ccccc1. The Morgan fingerprint density at radius 1 is 1.04 bits per heavy atom. The molecule has 0 radical (unpaired) electrons. The van der Waals surface area contributed by atoms with Crippen LogP contribution >= 0.6 is 0 Å². The number of furan rings is 1. The summed E-state index contributed by atoms with van der Waals surface area (Å²) in [6, 6.07) is 13.8. The molecule has 1 aromatic heterocycles. The third-order valence-electron chi connectivity index (χ3n) is 3.27. The third kappa shape index (κ3) is 3.60. The van der Waals surface area contributed by atoms with Gasteiger partial charge in [0.05, 0.1) is 6.26 Å². The van der Waals surface area contributed by atoms with Crippen LogP contribution in [0, 0.1) is 11.6 Å². The summed E-state index contributed by atoms with van der Waals surface area (Å²) in [5, 5.41) is 2.46. The molecule has 6 heteroatoms. The molecule has 4 nitrogen and oxygen atoms in total. The highest BCUT2D eigenvalue weighted by Crippen LogP contribution is 2.18. The number of hydrogen-bond donors (Lipinski definition) is 1. The molecular weight excluding hydrogens is 316 g/mol. The molecule has 0 aliphatic heterocycles. The van der Waals surface area contributed by atoms with Gasteiger partial charge in [-0.15, -0.1) is 0 Å². The Hall–Kier alpha value is -3.15. The number of rotatable bonds is 5. The number of para-hydroxylation sites is 1. The Balaban J connectivity index is 1.69. The number of benzene rings is 2. The lowest BCUT2D eigenvalue weighted by atomic mass is 10.2. The van der Waals surface area contributed by atoms with Crippen molar-refractivity contribution in [2.24, 2.45) is 0 Å². The maximum absolute atomic E-state index is 13.2. The number of anilines is 1. The van der Waals surface area contributed by atoms with E-state index in [2.05, 4.69) is 5.32 Å². The molecule has 122 valence electrons. The summed E-state index contributed by atoms with van der Waals surface area (Å²) in [5.41, 5.74) is 0.671. The van der Waals surface area contributed by atoms with Crippen molar-refractivity contribution >= 4 is 11.6 Å². The van der Waals surface area contributed by atoms with E-state index in [1.165, 1.54) is 12.3 Å². The maximum atomic E-state index is 13.2. The van der Waals surface area contributed by atoms with Crippen LogP contribution in [0.4, 0.5) is 14.5 Å². The second-order valence-corrected chi connectivity index (χ2v) is 4.96. The Kier molecular flexibility index (Phi) is 4.56. The van der Waals surface area contributed by atoms with Crippen LogP contribution in [0.25, 0.3) is 0 Å². The highest BCUT2D eigenvalue weighted by Gasteiger charge is 2.17. The van der Waals surface area contributed by atoms with E-state index >= 15 is 0 Å². The van der Waals surface area contributed by atoms with Gasteiger partial charge in [0.15, 0.2) is 17.4 Å². The van der Waals surface area contributed by atoms with Crippen LogP contribution in [-0.2, 0) is 6.61 Å². The van der Waals surface area contributed by atoms with Gasteiger partial charge in [-0.2, -0.15) is 0 Å². The molecular formula is C18H13F2NO3. The molecule has 3 aromatic rings. The summed E-state index contributed by atoms with van der Waals surface area (Å²) in [4.78, 5) is 12.2. The van der Waals surface area contributed by atoms with E-state index in [0.717, 1.165) is 12.1 Å². The van der Waals surface area contributed by atoms with Gasteiger partial charge in [-0.25, -0.2) is 8.78 Å². The summed E-state index contributed by atoms with van der Waals surface area (Å²) in [7, 11) is 0. The zero-order chi connectivity index (χ0) is 16.9. The molecule has 2 aromatic carbocycles. The van der Waals surface area contributed by atoms with E-state index in [9.17, 15) is 13.6 Å². The fourth-order valence-electron chi connectivity index (χ4n) is 2.09. The molecule has 1 N–H and O–H groups in total. The number of nitrogens with one attached hydrogen (secondary N) is 1. The molecule has 0 spiro atoms. The van der Waals surface area contributed by atoms with Gasteiger partial charge in [0.25, 0.3) is 5.91 Å². The zero-order valence-electron chi connectivity index (χ0n) is 12.5. The van der Waals surface area contributed by atoms with E-state index in [1.807, 2.05) is 18.2 Å². The summed E-state index contributed by atoms with van der Waals surface area (Å²) < 4.78 is 36.9. The molecule has 0 unspecified atom stereocenters. The molecule has 0 saturated carbocycles. The van der Waals surface area contributed by atoms with Crippen molar-refractivity contribution in [2.45, 2.75) is 6.61 Å². The van der Waals surface area contributed by atoms with E-state index < -0.39 is 17.5 Å². The lowest BCUT2D eigenvalue weighted by Crippen LogP contribution is -2.14. The molecule has 1 amide bonds. The standard InChI is InChI=1S/C18H13F2NO3/c19-15-7-6-13(10-16(15)20)21-18(22)17-12(8-9-23-17)11-24-14-4-2-1-3-5-14/h1-10H,11H2,(H,21,22). The van der Waals surface area contributed by atoms with Crippen LogP contribution in [0.1, 0.15) is 16.1 Å². The van der Waals surface area contributed by atoms with Gasteiger partial charge < -0.3 is 14.5 Å². The zero-order valence-corrected chi connectivity index (χ0v) is 12.5. The molecule has 3 rings (SSSR count).